The molecule has 0 spiro atoms. The van der Waals surface area contributed by atoms with Crippen LogP contribution in [0, 0.1) is 13.8 Å². The van der Waals surface area contributed by atoms with Crippen molar-refractivity contribution in [3.8, 4) is 0 Å². The number of carbonyl (C=O) groups excluding carboxylic acids is 1. The second-order valence-electron chi connectivity index (χ2n) is 3.29. The zero-order valence-corrected chi connectivity index (χ0v) is 9.53. The number of rotatable bonds is 1. The molecule has 0 aliphatic heterocycles. The molecule has 1 rings (SSSR count). The Morgan fingerprint density at radius 3 is 2.75 bits per heavy atom. The number of amides is 2. The molecule has 6 nitrogen and oxygen atoms in total. The number of nitrogens with zero attached hydrogens (tertiary/aromatic N) is 2. The summed E-state index contributed by atoms with van der Waals surface area (Å²) in [4.78, 5) is 18.7. The van der Waals surface area contributed by atoms with Crippen molar-refractivity contribution in [1.82, 2.24) is 10.3 Å². The van der Waals surface area contributed by atoms with Crippen molar-refractivity contribution in [3.05, 3.63) is 23.4 Å². The first-order chi connectivity index (χ1) is 7.54. The van der Waals surface area contributed by atoms with E-state index in [4.69, 9.17) is 5.73 Å². The summed E-state index contributed by atoms with van der Waals surface area (Å²) in [6, 6.07) is 1.24. The van der Waals surface area contributed by atoms with Crippen LogP contribution in [0.2, 0.25) is 0 Å². The molecule has 0 atom stereocenters. The topological polar surface area (TPSA) is 92.4 Å². The number of anilines is 1. The summed E-state index contributed by atoms with van der Waals surface area (Å²) in [7, 11) is 1.55. The van der Waals surface area contributed by atoms with E-state index in [1.165, 1.54) is 0 Å². The number of guanidine groups is 1. The van der Waals surface area contributed by atoms with E-state index in [0.29, 0.717) is 5.82 Å². The van der Waals surface area contributed by atoms with Gasteiger partial charge in [-0.25, -0.2) is 9.78 Å². The summed E-state index contributed by atoms with van der Waals surface area (Å²) in [6.07, 6.45) is 1.68. The van der Waals surface area contributed by atoms with Crippen molar-refractivity contribution >= 4 is 17.8 Å². The highest BCUT2D eigenvalue weighted by Crippen LogP contribution is 2.14. The van der Waals surface area contributed by atoms with Crippen molar-refractivity contribution in [3.63, 3.8) is 0 Å². The lowest BCUT2D eigenvalue weighted by atomic mass is 10.2. The van der Waals surface area contributed by atoms with E-state index in [1.807, 2.05) is 19.9 Å². The summed E-state index contributed by atoms with van der Waals surface area (Å²) in [5.41, 5.74) is 7.10. The molecule has 0 saturated carbocycles. The van der Waals surface area contributed by atoms with Crippen LogP contribution in [0.15, 0.2) is 17.3 Å². The maximum atomic E-state index is 10.7. The van der Waals surface area contributed by atoms with Crippen molar-refractivity contribution in [1.29, 1.82) is 0 Å². The van der Waals surface area contributed by atoms with Crippen molar-refractivity contribution < 1.29 is 4.79 Å². The molecule has 6 heteroatoms. The minimum atomic E-state index is -0.668. The third kappa shape index (κ3) is 2.94. The first kappa shape index (κ1) is 12.0. The normalized spacial score (nSPS) is 11.1. The van der Waals surface area contributed by atoms with E-state index in [9.17, 15) is 4.79 Å². The molecule has 0 fully saturated rings. The van der Waals surface area contributed by atoms with Crippen LogP contribution in [0.5, 0.6) is 0 Å². The molecule has 16 heavy (non-hydrogen) atoms. The Hall–Kier alpha value is -2.11. The third-order valence-electron chi connectivity index (χ3n) is 2.18. The Labute approximate surface area is 94.0 Å². The minimum absolute atomic E-state index is 0.272. The molecule has 1 aromatic rings. The van der Waals surface area contributed by atoms with Gasteiger partial charge in [0.2, 0.25) is 5.96 Å². The third-order valence-corrected chi connectivity index (χ3v) is 2.18. The molecule has 0 radical (unpaired) electrons. The van der Waals surface area contributed by atoms with E-state index < -0.39 is 6.03 Å². The molecule has 0 bridgehead atoms. The number of hydrogen-bond donors (Lipinski definition) is 3. The van der Waals surface area contributed by atoms with Gasteiger partial charge in [0, 0.05) is 13.2 Å². The zero-order chi connectivity index (χ0) is 12.1. The Bertz CT molecular complexity index is 427. The van der Waals surface area contributed by atoms with E-state index in [1.54, 1.807) is 13.2 Å². The van der Waals surface area contributed by atoms with Crippen LogP contribution in [0.4, 0.5) is 10.6 Å². The number of nitrogens with two attached hydrogens (primary N) is 1. The summed E-state index contributed by atoms with van der Waals surface area (Å²) in [6.45, 7) is 3.91. The van der Waals surface area contributed by atoms with E-state index >= 15 is 0 Å². The zero-order valence-electron chi connectivity index (χ0n) is 9.53. The van der Waals surface area contributed by atoms with Gasteiger partial charge in [0.1, 0.15) is 5.82 Å². The Morgan fingerprint density at radius 2 is 2.19 bits per heavy atom. The van der Waals surface area contributed by atoms with Gasteiger partial charge < -0.3 is 11.1 Å². The Morgan fingerprint density at radius 1 is 1.50 bits per heavy atom. The maximum absolute atomic E-state index is 10.7. The number of aliphatic imine (C=N–C) groups is 1. The van der Waals surface area contributed by atoms with Gasteiger partial charge in [-0.3, -0.25) is 10.3 Å². The lowest BCUT2D eigenvalue weighted by Crippen LogP contribution is -2.39. The van der Waals surface area contributed by atoms with Gasteiger partial charge in [-0.2, -0.15) is 0 Å². The summed E-state index contributed by atoms with van der Waals surface area (Å²) in [5.74, 6) is 0.919. The fraction of sp³-hybridized carbons (Fsp3) is 0.300. The Kier molecular flexibility index (Phi) is 3.82. The fourth-order valence-corrected chi connectivity index (χ4v) is 1.13. The van der Waals surface area contributed by atoms with E-state index in [0.717, 1.165) is 11.1 Å². The fourth-order valence-electron chi connectivity index (χ4n) is 1.13. The molecule has 2 amide bonds. The highest BCUT2D eigenvalue weighted by atomic mass is 16.2. The van der Waals surface area contributed by atoms with E-state index in [-0.39, 0.29) is 5.96 Å². The highest BCUT2D eigenvalue weighted by molar-refractivity contribution is 6.03. The molecule has 0 aliphatic carbocycles. The van der Waals surface area contributed by atoms with Crippen molar-refractivity contribution in [2.24, 2.45) is 10.7 Å². The average Bonchev–Trinajstić information content (AvgIpc) is 2.23. The number of aryl methyl sites for hydroxylation is 1. The molecule has 1 heterocycles. The molecule has 0 aromatic carbocycles. The van der Waals surface area contributed by atoms with E-state index in [2.05, 4.69) is 20.6 Å². The molecular formula is C10H15N5O. The molecule has 4 N–H and O–H groups in total. The predicted molar refractivity (Wildman–Crippen MR) is 63.4 cm³/mol. The van der Waals surface area contributed by atoms with Gasteiger partial charge in [-0.05, 0) is 31.0 Å². The largest absolute Gasteiger partial charge is 0.351 e. The quantitative estimate of drug-likeness (QED) is 0.483. The highest BCUT2D eigenvalue weighted by Gasteiger charge is 2.06. The number of primary amides is 1. The van der Waals surface area contributed by atoms with Crippen LogP contribution >= 0.6 is 0 Å². The van der Waals surface area contributed by atoms with Gasteiger partial charge in [-0.1, -0.05) is 0 Å². The number of nitrogens with one attached hydrogen (secondary N) is 2. The van der Waals surface area contributed by atoms with Gasteiger partial charge in [0.25, 0.3) is 0 Å². The second kappa shape index (κ2) is 5.11. The molecular weight excluding hydrogens is 206 g/mol. The lowest BCUT2D eigenvalue weighted by molar-refractivity contribution is 0.253. The van der Waals surface area contributed by atoms with Crippen LogP contribution in [0.25, 0.3) is 0 Å². The molecule has 0 aliphatic rings. The molecule has 0 saturated heterocycles. The molecule has 86 valence electrons. The second-order valence-corrected chi connectivity index (χ2v) is 3.29. The lowest BCUT2D eigenvalue weighted by Gasteiger charge is -2.11. The van der Waals surface area contributed by atoms with Crippen LogP contribution in [0.3, 0.4) is 0 Å². The van der Waals surface area contributed by atoms with Crippen molar-refractivity contribution in [2.75, 3.05) is 12.4 Å². The summed E-state index contributed by atoms with van der Waals surface area (Å²) in [5, 5.41) is 5.26. The summed E-state index contributed by atoms with van der Waals surface area (Å²) < 4.78 is 0. The minimum Gasteiger partial charge on any atom is -0.351 e. The number of aromatic nitrogens is 1. The predicted octanol–water partition coefficient (Wildman–Crippen LogP) is 0.764. The SMILES string of the molecule is CN=C(NC(N)=O)Nc1nccc(C)c1C. The van der Waals surface area contributed by atoms with Crippen LogP contribution in [-0.4, -0.2) is 24.0 Å². The number of urea groups is 1. The average molecular weight is 221 g/mol. The van der Waals surface area contributed by atoms with Crippen LogP contribution < -0.4 is 16.4 Å². The monoisotopic (exact) mass is 221 g/mol. The molecule has 1 aromatic heterocycles. The summed E-state index contributed by atoms with van der Waals surface area (Å²) >= 11 is 0. The van der Waals surface area contributed by atoms with Gasteiger partial charge in [-0.15, -0.1) is 0 Å². The van der Waals surface area contributed by atoms with Gasteiger partial charge in [0.05, 0.1) is 0 Å². The van der Waals surface area contributed by atoms with Gasteiger partial charge >= 0.3 is 6.03 Å². The Balaban J connectivity index is 2.87. The maximum Gasteiger partial charge on any atom is 0.318 e. The van der Waals surface area contributed by atoms with Crippen LogP contribution in [-0.2, 0) is 0 Å². The van der Waals surface area contributed by atoms with Crippen molar-refractivity contribution in [2.45, 2.75) is 13.8 Å². The number of pyridine rings is 1. The first-order valence-corrected chi connectivity index (χ1v) is 4.77. The standard InChI is InChI=1S/C10H15N5O/c1-6-4-5-13-8(7(6)2)14-10(12-3)15-9(11)16/h4-5H,1-3H3,(H4,11,12,13,14,15,16). The number of carbonyl (C=O) groups is 1. The number of hydrogen-bond acceptors (Lipinski definition) is 3. The molecule has 0 unspecified atom stereocenters. The van der Waals surface area contributed by atoms with Gasteiger partial charge in [0.15, 0.2) is 0 Å². The first-order valence-electron chi connectivity index (χ1n) is 4.77. The smallest absolute Gasteiger partial charge is 0.318 e. The van der Waals surface area contributed by atoms with Crippen LogP contribution in [0.1, 0.15) is 11.1 Å².